The number of hydrogen-bond acceptors (Lipinski definition) is 4. The summed E-state index contributed by atoms with van der Waals surface area (Å²) in [5.74, 6) is -1.18. The summed E-state index contributed by atoms with van der Waals surface area (Å²) in [7, 11) is 0. The van der Waals surface area contributed by atoms with Crippen molar-refractivity contribution in [3.63, 3.8) is 0 Å². The maximum atomic E-state index is 12.3. The minimum atomic E-state index is -1.18. The maximum Gasteiger partial charge on any atom is 0.356 e. The highest BCUT2D eigenvalue weighted by atomic mass is 79.9. The van der Waals surface area contributed by atoms with Gasteiger partial charge in [0.1, 0.15) is 5.69 Å². The van der Waals surface area contributed by atoms with Crippen LogP contribution >= 0.6 is 39.1 Å². The lowest BCUT2D eigenvalue weighted by Crippen LogP contribution is -2.24. The van der Waals surface area contributed by atoms with E-state index in [4.69, 9.17) is 23.2 Å². The van der Waals surface area contributed by atoms with Crippen LogP contribution in [0.3, 0.4) is 0 Å². The number of carboxylic acid groups (broad SMARTS) is 1. The summed E-state index contributed by atoms with van der Waals surface area (Å²) >= 11 is 15.4. The lowest BCUT2D eigenvalue weighted by Gasteiger charge is -2.24. The van der Waals surface area contributed by atoms with Crippen LogP contribution in [0.15, 0.2) is 46.1 Å². The molecule has 3 N–H and O–H groups in total. The van der Waals surface area contributed by atoms with E-state index < -0.39 is 12.0 Å². The number of aromatic amines is 1. The summed E-state index contributed by atoms with van der Waals surface area (Å²) < 4.78 is 2.13. The van der Waals surface area contributed by atoms with Gasteiger partial charge in [-0.05, 0) is 53.5 Å². The number of carbonyl (C=O) groups is 1. The van der Waals surface area contributed by atoms with Gasteiger partial charge in [-0.25, -0.2) is 9.78 Å². The maximum absolute atomic E-state index is 12.3. The van der Waals surface area contributed by atoms with E-state index in [2.05, 4.69) is 31.2 Å². The Balaban J connectivity index is 2.26. The number of aromatic nitrogens is 3. The van der Waals surface area contributed by atoms with E-state index in [0.29, 0.717) is 26.0 Å². The Kier molecular flexibility index (Phi) is 6.36. The average Bonchev–Trinajstić information content (AvgIpc) is 3.01. The van der Waals surface area contributed by atoms with Gasteiger partial charge in [0.05, 0.1) is 16.8 Å². The molecule has 1 atom stereocenters. The van der Waals surface area contributed by atoms with Crippen molar-refractivity contribution >= 4 is 50.8 Å². The number of anilines is 1. The van der Waals surface area contributed by atoms with Crippen LogP contribution in [0.5, 0.6) is 0 Å². The molecule has 0 spiro atoms. The molecule has 0 aliphatic heterocycles. The van der Waals surface area contributed by atoms with Crippen LogP contribution in [0, 0.1) is 0 Å². The number of imidazole rings is 1. The SMILES string of the molecule is CC(C)n1c(Br)nc(C(=O)O)c1C(Nc1cc(Cl)c[nH]c1=O)c1ccc(Cl)cc1. The molecular formula is C19H17BrCl2N4O3. The van der Waals surface area contributed by atoms with Crippen LogP contribution in [0.1, 0.15) is 47.7 Å². The largest absolute Gasteiger partial charge is 0.476 e. The van der Waals surface area contributed by atoms with Gasteiger partial charge < -0.3 is 20.0 Å². The third kappa shape index (κ3) is 4.49. The quantitative estimate of drug-likeness (QED) is 0.437. The minimum Gasteiger partial charge on any atom is -0.476 e. The summed E-state index contributed by atoms with van der Waals surface area (Å²) in [5, 5.41) is 13.7. The monoisotopic (exact) mass is 498 g/mol. The number of benzene rings is 1. The van der Waals surface area contributed by atoms with Crippen LogP contribution in [0.2, 0.25) is 10.0 Å². The Morgan fingerprint density at radius 2 is 1.90 bits per heavy atom. The molecule has 7 nitrogen and oxygen atoms in total. The Hall–Kier alpha value is -2.29. The molecule has 0 aliphatic rings. The molecule has 0 saturated heterocycles. The minimum absolute atomic E-state index is 0.103. The molecule has 0 amide bonds. The van der Waals surface area contributed by atoms with Crippen molar-refractivity contribution in [2.24, 2.45) is 0 Å². The lowest BCUT2D eigenvalue weighted by molar-refractivity contribution is 0.0689. The summed E-state index contributed by atoms with van der Waals surface area (Å²) in [4.78, 5) is 31.0. The van der Waals surface area contributed by atoms with E-state index in [0.717, 1.165) is 0 Å². The second kappa shape index (κ2) is 8.61. The molecule has 3 aromatic rings. The molecule has 152 valence electrons. The molecule has 1 unspecified atom stereocenters. The van der Waals surface area contributed by atoms with Gasteiger partial charge in [0.2, 0.25) is 0 Å². The third-order valence-corrected chi connectivity index (χ3v) is 5.30. The molecule has 0 fully saturated rings. The number of rotatable bonds is 6. The molecule has 0 radical (unpaired) electrons. The number of carboxylic acids is 1. The Morgan fingerprint density at radius 3 is 2.48 bits per heavy atom. The van der Waals surface area contributed by atoms with Crippen molar-refractivity contribution in [2.75, 3.05) is 5.32 Å². The van der Waals surface area contributed by atoms with Crippen molar-refractivity contribution in [3.8, 4) is 0 Å². The van der Waals surface area contributed by atoms with Crippen LogP contribution in [0.25, 0.3) is 0 Å². The summed E-state index contributed by atoms with van der Waals surface area (Å²) in [6, 6.07) is 7.58. The first-order valence-electron chi connectivity index (χ1n) is 8.60. The summed E-state index contributed by atoms with van der Waals surface area (Å²) in [6.45, 7) is 3.82. The van der Waals surface area contributed by atoms with Crippen LogP contribution < -0.4 is 10.9 Å². The van der Waals surface area contributed by atoms with Crippen molar-refractivity contribution in [1.82, 2.24) is 14.5 Å². The van der Waals surface area contributed by atoms with Gasteiger partial charge >= 0.3 is 5.97 Å². The zero-order chi connectivity index (χ0) is 21.3. The molecule has 0 saturated carbocycles. The highest BCUT2D eigenvalue weighted by Crippen LogP contribution is 2.34. The predicted octanol–water partition coefficient (Wildman–Crippen LogP) is 5.12. The first-order valence-corrected chi connectivity index (χ1v) is 10.1. The molecule has 3 rings (SSSR count). The zero-order valence-electron chi connectivity index (χ0n) is 15.4. The molecule has 0 aliphatic carbocycles. The topological polar surface area (TPSA) is 100 Å². The Morgan fingerprint density at radius 1 is 1.24 bits per heavy atom. The first kappa shape index (κ1) is 21.4. The Labute approximate surface area is 184 Å². The van der Waals surface area contributed by atoms with Gasteiger partial charge in [0.15, 0.2) is 10.4 Å². The number of H-pyrrole nitrogens is 1. The van der Waals surface area contributed by atoms with Crippen molar-refractivity contribution in [3.05, 3.63) is 78.6 Å². The summed E-state index contributed by atoms with van der Waals surface area (Å²) in [6.07, 6.45) is 1.38. The summed E-state index contributed by atoms with van der Waals surface area (Å²) in [5.41, 5.74) is 0.768. The van der Waals surface area contributed by atoms with Crippen molar-refractivity contribution < 1.29 is 9.90 Å². The van der Waals surface area contributed by atoms with E-state index in [1.807, 2.05) is 13.8 Å². The van der Waals surface area contributed by atoms with Crippen LogP contribution in [-0.4, -0.2) is 25.6 Å². The number of pyridine rings is 1. The van der Waals surface area contributed by atoms with Gasteiger partial charge in [0, 0.05) is 17.3 Å². The first-order chi connectivity index (χ1) is 13.7. The fraction of sp³-hybridized carbons (Fsp3) is 0.211. The van der Waals surface area contributed by atoms with Crippen molar-refractivity contribution in [1.29, 1.82) is 0 Å². The van der Waals surface area contributed by atoms with Crippen molar-refractivity contribution in [2.45, 2.75) is 25.9 Å². The average molecular weight is 500 g/mol. The molecular weight excluding hydrogens is 483 g/mol. The van der Waals surface area contributed by atoms with E-state index in [1.165, 1.54) is 12.3 Å². The van der Waals surface area contributed by atoms with Gasteiger partial charge in [-0.2, -0.15) is 0 Å². The van der Waals surface area contributed by atoms with E-state index in [-0.39, 0.29) is 23.0 Å². The molecule has 2 aromatic heterocycles. The van der Waals surface area contributed by atoms with Crippen LogP contribution in [-0.2, 0) is 0 Å². The third-order valence-electron chi connectivity index (χ3n) is 4.27. The second-order valence-electron chi connectivity index (χ2n) is 6.57. The van der Waals surface area contributed by atoms with Gasteiger partial charge in [-0.3, -0.25) is 4.79 Å². The predicted molar refractivity (Wildman–Crippen MR) is 116 cm³/mol. The number of nitrogens with one attached hydrogen (secondary N) is 2. The highest BCUT2D eigenvalue weighted by Gasteiger charge is 2.30. The molecule has 10 heteroatoms. The zero-order valence-corrected chi connectivity index (χ0v) is 18.5. The lowest BCUT2D eigenvalue weighted by atomic mass is 10.0. The fourth-order valence-corrected chi connectivity index (χ4v) is 4.09. The standard InChI is InChI=1S/C19H17BrCl2N4O3/c1-9(2)26-16(15(18(28)29)25-19(26)20)14(10-3-5-11(21)6-4-10)24-13-7-12(22)8-23-17(13)27/h3-9,14,24H,1-2H3,(H,23,27)(H,28,29). The van der Waals surface area contributed by atoms with E-state index >= 15 is 0 Å². The number of nitrogens with zero attached hydrogens (tertiary/aromatic N) is 2. The number of hydrogen-bond donors (Lipinski definition) is 3. The molecule has 0 bridgehead atoms. The van der Waals surface area contributed by atoms with E-state index in [1.54, 1.807) is 28.8 Å². The van der Waals surface area contributed by atoms with Gasteiger partial charge in [-0.1, -0.05) is 35.3 Å². The molecule has 2 heterocycles. The number of aromatic carboxylic acids is 1. The van der Waals surface area contributed by atoms with E-state index in [9.17, 15) is 14.7 Å². The molecule has 1 aromatic carbocycles. The molecule has 29 heavy (non-hydrogen) atoms. The fourth-order valence-electron chi connectivity index (χ4n) is 3.03. The van der Waals surface area contributed by atoms with Gasteiger partial charge in [-0.15, -0.1) is 0 Å². The number of halogens is 3. The normalized spacial score (nSPS) is 12.2. The smallest absolute Gasteiger partial charge is 0.356 e. The second-order valence-corrected chi connectivity index (χ2v) is 8.16. The Bertz CT molecular complexity index is 1110. The van der Waals surface area contributed by atoms with Crippen LogP contribution in [0.4, 0.5) is 5.69 Å². The highest BCUT2D eigenvalue weighted by molar-refractivity contribution is 9.10. The van der Waals surface area contributed by atoms with Gasteiger partial charge in [0.25, 0.3) is 5.56 Å².